The summed E-state index contributed by atoms with van der Waals surface area (Å²) in [4.78, 5) is 24.1. The van der Waals surface area contributed by atoms with Gasteiger partial charge in [-0.25, -0.2) is 4.79 Å². The van der Waals surface area contributed by atoms with E-state index in [4.69, 9.17) is 4.74 Å². The van der Waals surface area contributed by atoms with Crippen molar-refractivity contribution in [3.05, 3.63) is 23.3 Å². The van der Waals surface area contributed by atoms with Crippen molar-refractivity contribution < 1.29 is 19.1 Å². The van der Waals surface area contributed by atoms with Gasteiger partial charge in [-0.3, -0.25) is 4.79 Å². The van der Waals surface area contributed by atoms with Crippen molar-refractivity contribution in [3.8, 4) is 5.75 Å². The number of carbonyl (C=O) groups excluding carboxylic acids is 2. The monoisotopic (exact) mass is 252 g/mol. The first-order valence-electron chi connectivity index (χ1n) is 5.13. The fraction of sp³-hybridized carbons (Fsp3) is 0.333. The molecule has 1 heterocycles. The maximum atomic E-state index is 11.7. The van der Waals surface area contributed by atoms with E-state index < -0.39 is 5.97 Å². The van der Waals surface area contributed by atoms with Crippen molar-refractivity contribution in [1.82, 2.24) is 0 Å². The Kier molecular flexibility index (Phi) is 3.38. The quantitative estimate of drug-likeness (QED) is 0.755. The summed E-state index contributed by atoms with van der Waals surface area (Å²) >= 11 is 1.57. The maximum Gasteiger partial charge on any atom is 0.341 e. The highest BCUT2D eigenvalue weighted by atomic mass is 32.2. The summed E-state index contributed by atoms with van der Waals surface area (Å²) in [5, 5.41) is 0. The molecule has 0 aromatic heterocycles. The Morgan fingerprint density at radius 1 is 1.35 bits per heavy atom. The van der Waals surface area contributed by atoms with Crippen LogP contribution in [0.5, 0.6) is 5.75 Å². The zero-order valence-electron chi connectivity index (χ0n) is 9.61. The largest absolute Gasteiger partial charge is 0.496 e. The number of methoxy groups -OCH3 is 2. The lowest BCUT2D eigenvalue weighted by Gasteiger charge is -2.17. The van der Waals surface area contributed by atoms with Gasteiger partial charge in [-0.2, -0.15) is 0 Å². The molecule has 0 unspecified atom stereocenters. The van der Waals surface area contributed by atoms with Gasteiger partial charge in [0.05, 0.1) is 14.2 Å². The molecule has 0 N–H and O–H groups in total. The number of ether oxygens (including phenoxy) is 2. The zero-order chi connectivity index (χ0) is 12.4. The number of ketones is 1. The standard InChI is InChI=1S/C12H12O4S/c1-15-10-5-7-9(13)3-4-17-11(7)6-8(10)12(14)16-2/h5-6H,3-4H2,1-2H3. The van der Waals surface area contributed by atoms with Crippen LogP contribution in [0.15, 0.2) is 17.0 Å². The van der Waals surface area contributed by atoms with Gasteiger partial charge in [-0.05, 0) is 12.1 Å². The third kappa shape index (κ3) is 2.15. The van der Waals surface area contributed by atoms with Crippen molar-refractivity contribution in [1.29, 1.82) is 0 Å². The molecule has 4 nitrogen and oxygen atoms in total. The van der Waals surface area contributed by atoms with Crippen LogP contribution in [0, 0.1) is 0 Å². The zero-order valence-corrected chi connectivity index (χ0v) is 10.4. The predicted molar refractivity (Wildman–Crippen MR) is 64.0 cm³/mol. The molecule has 0 saturated heterocycles. The molecular weight excluding hydrogens is 240 g/mol. The normalized spacial score (nSPS) is 14.1. The summed E-state index contributed by atoms with van der Waals surface area (Å²) in [5.41, 5.74) is 0.988. The predicted octanol–water partition coefficient (Wildman–Crippen LogP) is 2.16. The topological polar surface area (TPSA) is 52.6 Å². The Morgan fingerprint density at radius 3 is 2.76 bits per heavy atom. The summed E-state index contributed by atoms with van der Waals surface area (Å²) in [6.45, 7) is 0. The van der Waals surface area contributed by atoms with Crippen molar-refractivity contribution in [2.45, 2.75) is 11.3 Å². The second-order valence-electron chi connectivity index (χ2n) is 3.56. The second kappa shape index (κ2) is 4.79. The van der Waals surface area contributed by atoms with Crippen molar-refractivity contribution >= 4 is 23.5 Å². The van der Waals surface area contributed by atoms with Crippen LogP contribution in [-0.4, -0.2) is 31.7 Å². The molecule has 0 spiro atoms. The molecule has 1 aliphatic rings. The minimum Gasteiger partial charge on any atom is -0.496 e. The molecule has 0 saturated carbocycles. The lowest BCUT2D eigenvalue weighted by molar-refractivity contribution is 0.0596. The molecule has 1 aromatic carbocycles. The Hall–Kier alpha value is -1.49. The molecule has 1 aliphatic heterocycles. The van der Waals surface area contributed by atoms with Gasteiger partial charge in [0.25, 0.3) is 0 Å². The summed E-state index contributed by atoms with van der Waals surface area (Å²) < 4.78 is 9.80. The lowest BCUT2D eigenvalue weighted by atomic mass is 10.0. The van der Waals surface area contributed by atoms with Crippen LogP contribution in [-0.2, 0) is 4.74 Å². The van der Waals surface area contributed by atoms with Gasteiger partial charge in [0.1, 0.15) is 11.3 Å². The molecule has 0 fully saturated rings. The first kappa shape index (κ1) is 12.0. The van der Waals surface area contributed by atoms with Crippen LogP contribution in [0.25, 0.3) is 0 Å². The summed E-state index contributed by atoms with van der Waals surface area (Å²) in [7, 11) is 2.79. The molecule has 90 valence electrons. The van der Waals surface area contributed by atoms with E-state index in [-0.39, 0.29) is 5.78 Å². The fourth-order valence-electron chi connectivity index (χ4n) is 1.72. The first-order valence-corrected chi connectivity index (χ1v) is 6.12. The number of fused-ring (bicyclic) bond motifs is 1. The maximum absolute atomic E-state index is 11.7. The van der Waals surface area contributed by atoms with Gasteiger partial charge >= 0.3 is 5.97 Å². The molecule has 2 rings (SSSR count). The second-order valence-corrected chi connectivity index (χ2v) is 4.70. The highest BCUT2D eigenvalue weighted by molar-refractivity contribution is 7.99. The number of thioether (sulfide) groups is 1. The van der Waals surface area contributed by atoms with Crippen LogP contribution >= 0.6 is 11.8 Å². The Morgan fingerprint density at radius 2 is 2.12 bits per heavy atom. The molecule has 17 heavy (non-hydrogen) atoms. The van der Waals surface area contributed by atoms with E-state index in [1.165, 1.54) is 14.2 Å². The molecule has 0 aliphatic carbocycles. The molecule has 0 bridgehead atoms. The van der Waals surface area contributed by atoms with Gasteiger partial charge in [-0.15, -0.1) is 11.8 Å². The number of esters is 1. The van der Waals surface area contributed by atoms with Crippen LogP contribution in [0.1, 0.15) is 27.1 Å². The van der Waals surface area contributed by atoms with Crippen molar-refractivity contribution in [2.24, 2.45) is 0 Å². The van der Waals surface area contributed by atoms with E-state index in [2.05, 4.69) is 4.74 Å². The van der Waals surface area contributed by atoms with Gasteiger partial charge in [0, 0.05) is 22.6 Å². The number of benzene rings is 1. The van der Waals surface area contributed by atoms with Crippen LogP contribution in [0.3, 0.4) is 0 Å². The third-order valence-corrected chi connectivity index (χ3v) is 3.65. The van der Waals surface area contributed by atoms with Crippen molar-refractivity contribution in [3.63, 3.8) is 0 Å². The Labute approximate surface area is 103 Å². The SMILES string of the molecule is COC(=O)c1cc2c(cc1OC)C(=O)CCS2. The number of hydrogen-bond acceptors (Lipinski definition) is 5. The molecule has 0 atom stereocenters. The van der Waals surface area contributed by atoms with E-state index in [0.29, 0.717) is 23.3 Å². The van der Waals surface area contributed by atoms with Gasteiger partial charge in [0.15, 0.2) is 5.78 Å². The summed E-state index contributed by atoms with van der Waals surface area (Å²) in [6.07, 6.45) is 0.526. The van der Waals surface area contributed by atoms with E-state index >= 15 is 0 Å². The average Bonchev–Trinajstić information content (AvgIpc) is 2.37. The van der Waals surface area contributed by atoms with Gasteiger partial charge in [-0.1, -0.05) is 0 Å². The molecule has 5 heteroatoms. The summed E-state index contributed by atoms with van der Waals surface area (Å²) in [5.74, 6) is 0.766. The summed E-state index contributed by atoms with van der Waals surface area (Å²) in [6, 6.07) is 3.29. The van der Waals surface area contributed by atoms with E-state index in [1.807, 2.05) is 0 Å². The lowest BCUT2D eigenvalue weighted by Crippen LogP contribution is -2.11. The molecular formula is C12H12O4S. The minimum atomic E-state index is -0.455. The van der Waals surface area contributed by atoms with Gasteiger partial charge < -0.3 is 9.47 Å². The minimum absolute atomic E-state index is 0.0912. The number of Topliss-reactive ketones (excluding diaryl/α,β-unsaturated/α-hetero) is 1. The molecule has 0 amide bonds. The number of rotatable bonds is 2. The highest BCUT2D eigenvalue weighted by Crippen LogP contribution is 2.35. The van der Waals surface area contributed by atoms with E-state index in [9.17, 15) is 9.59 Å². The fourth-order valence-corrected chi connectivity index (χ4v) is 2.76. The number of carbonyl (C=O) groups is 2. The van der Waals surface area contributed by atoms with E-state index in [0.717, 1.165) is 10.6 Å². The van der Waals surface area contributed by atoms with Crippen LogP contribution in [0.2, 0.25) is 0 Å². The molecule has 0 radical (unpaired) electrons. The number of hydrogen-bond donors (Lipinski definition) is 0. The Bertz CT molecular complexity index is 482. The first-order chi connectivity index (χ1) is 8.17. The molecule has 1 aromatic rings. The van der Waals surface area contributed by atoms with Gasteiger partial charge in [0.2, 0.25) is 0 Å². The third-order valence-electron chi connectivity index (χ3n) is 2.59. The highest BCUT2D eigenvalue weighted by Gasteiger charge is 2.23. The van der Waals surface area contributed by atoms with Crippen LogP contribution < -0.4 is 4.74 Å². The van der Waals surface area contributed by atoms with Crippen LogP contribution in [0.4, 0.5) is 0 Å². The average molecular weight is 252 g/mol. The van der Waals surface area contributed by atoms with Crippen molar-refractivity contribution in [2.75, 3.05) is 20.0 Å². The Balaban J connectivity index is 2.55. The van der Waals surface area contributed by atoms with E-state index in [1.54, 1.807) is 23.9 Å². The smallest absolute Gasteiger partial charge is 0.341 e.